The molecule has 1 aromatic rings. The summed E-state index contributed by atoms with van der Waals surface area (Å²) < 4.78 is 14.5. The first-order valence-electron chi connectivity index (χ1n) is 7.62. The lowest BCUT2D eigenvalue weighted by atomic mass is 10.1. The van der Waals surface area contributed by atoms with Crippen molar-refractivity contribution in [3.63, 3.8) is 0 Å². The van der Waals surface area contributed by atoms with Crippen LogP contribution in [0.3, 0.4) is 0 Å². The van der Waals surface area contributed by atoms with Crippen LogP contribution in [0.4, 0.5) is 5.69 Å². The predicted octanol–water partition coefficient (Wildman–Crippen LogP) is 1.65. The Kier molecular flexibility index (Phi) is 8.34. The van der Waals surface area contributed by atoms with Crippen molar-refractivity contribution in [1.82, 2.24) is 4.90 Å². The fourth-order valence-electron chi connectivity index (χ4n) is 2.19. The maximum atomic E-state index is 12.7. The molecule has 1 rings (SSSR count). The topological polar surface area (TPSA) is 108 Å². The average Bonchev–Trinajstić information content (AvgIpc) is 2.62. The molecule has 0 unspecified atom stereocenters. The first-order valence-corrected chi connectivity index (χ1v) is 7.62. The molecule has 0 fully saturated rings. The van der Waals surface area contributed by atoms with Gasteiger partial charge in [-0.25, -0.2) is 0 Å². The van der Waals surface area contributed by atoms with Crippen LogP contribution in [0.2, 0.25) is 0 Å². The Morgan fingerprint density at radius 1 is 1.20 bits per heavy atom. The molecule has 25 heavy (non-hydrogen) atoms. The summed E-state index contributed by atoms with van der Waals surface area (Å²) in [6.07, 6.45) is 0.606. The zero-order valence-corrected chi connectivity index (χ0v) is 14.5. The van der Waals surface area contributed by atoms with Crippen LogP contribution in [-0.4, -0.2) is 62.7 Å². The summed E-state index contributed by atoms with van der Waals surface area (Å²) in [5, 5.41) is 11.1. The van der Waals surface area contributed by atoms with Crippen LogP contribution < -0.4 is 4.74 Å². The molecule has 0 atom stereocenters. The van der Waals surface area contributed by atoms with E-state index in [2.05, 4.69) is 4.74 Å². The fourth-order valence-corrected chi connectivity index (χ4v) is 2.19. The van der Waals surface area contributed by atoms with Gasteiger partial charge in [0, 0.05) is 38.4 Å². The average molecular weight is 354 g/mol. The minimum Gasteiger partial charge on any atom is -0.490 e. The van der Waals surface area contributed by atoms with Gasteiger partial charge < -0.3 is 19.1 Å². The highest BCUT2D eigenvalue weighted by Gasteiger charge is 2.22. The number of hydrogen-bond donors (Lipinski definition) is 0. The number of carbonyl (C=O) groups is 2. The SMILES string of the molecule is COCCCN(CCC(=O)OC)C(=O)c1ccc(OC)c([N+](=O)[O-])c1. The van der Waals surface area contributed by atoms with Crippen molar-refractivity contribution < 1.29 is 28.7 Å². The molecule has 9 heteroatoms. The van der Waals surface area contributed by atoms with Crippen molar-refractivity contribution in [2.45, 2.75) is 12.8 Å². The Labute approximate surface area is 145 Å². The van der Waals surface area contributed by atoms with Gasteiger partial charge in [-0.1, -0.05) is 0 Å². The van der Waals surface area contributed by atoms with E-state index in [4.69, 9.17) is 9.47 Å². The maximum Gasteiger partial charge on any atom is 0.311 e. The van der Waals surface area contributed by atoms with Gasteiger partial charge in [-0.15, -0.1) is 0 Å². The number of rotatable bonds is 10. The van der Waals surface area contributed by atoms with Crippen molar-refractivity contribution in [3.8, 4) is 5.75 Å². The molecule has 0 saturated carbocycles. The lowest BCUT2D eigenvalue weighted by Gasteiger charge is -2.22. The number of hydrogen-bond acceptors (Lipinski definition) is 7. The van der Waals surface area contributed by atoms with Gasteiger partial charge in [0.05, 0.1) is 25.6 Å². The van der Waals surface area contributed by atoms with E-state index in [1.807, 2.05) is 0 Å². The summed E-state index contributed by atoms with van der Waals surface area (Å²) in [7, 11) is 4.14. The zero-order chi connectivity index (χ0) is 18.8. The highest BCUT2D eigenvalue weighted by molar-refractivity contribution is 5.95. The van der Waals surface area contributed by atoms with Crippen LogP contribution in [-0.2, 0) is 14.3 Å². The van der Waals surface area contributed by atoms with Crippen molar-refractivity contribution in [3.05, 3.63) is 33.9 Å². The van der Waals surface area contributed by atoms with Gasteiger partial charge in [-0.2, -0.15) is 0 Å². The lowest BCUT2D eigenvalue weighted by Crippen LogP contribution is -2.34. The van der Waals surface area contributed by atoms with Crippen LogP contribution in [0.1, 0.15) is 23.2 Å². The molecule has 0 aliphatic carbocycles. The Morgan fingerprint density at radius 3 is 2.48 bits per heavy atom. The van der Waals surface area contributed by atoms with E-state index in [9.17, 15) is 19.7 Å². The van der Waals surface area contributed by atoms with Gasteiger partial charge in [-0.05, 0) is 18.6 Å². The van der Waals surface area contributed by atoms with E-state index in [0.29, 0.717) is 19.6 Å². The van der Waals surface area contributed by atoms with E-state index in [1.54, 1.807) is 7.11 Å². The maximum absolute atomic E-state index is 12.7. The summed E-state index contributed by atoms with van der Waals surface area (Å²) >= 11 is 0. The predicted molar refractivity (Wildman–Crippen MR) is 88.7 cm³/mol. The van der Waals surface area contributed by atoms with Gasteiger partial charge in [0.2, 0.25) is 0 Å². The van der Waals surface area contributed by atoms with E-state index in [-0.39, 0.29) is 30.0 Å². The Hall–Kier alpha value is -2.68. The van der Waals surface area contributed by atoms with Gasteiger partial charge >= 0.3 is 11.7 Å². The third kappa shape index (κ3) is 6.03. The number of esters is 1. The highest BCUT2D eigenvalue weighted by Crippen LogP contribution is 2.28. The molecule has 0 N–H and O–H groups in total. The molecule has 9 nitrogen and oxygen atoms in total. The summed E-state index contributed by atoms with van der Waals surface area (Å²) in [5.74, 6) is -0.780. The summed E-state index contributed by atoms with van der Waals surface area (Å²) in [4.78, 5) is 36.0. The Balaban J connectivity index is 2.99. The second-order valence-electron chi connectivity index (χ2n) is 5.11. The second-order valence-corrected chi connectivity index (χ2v) is 5.11. The number of nitrogens with zero attached hydrogens (tertiary/aromatic N) is 2. The summed E-state index contributed by atoms with van der Waals surface area (Å²) in [6.45, 7) is 0.948. The van der Waals surface area contributed by atoms with Crippen molar-refractivity contribution in [2.75, 3.05) is 41.0 Å². The van der Waals surface area contributed by atoms with Gasteiger partial charge in [0.1, 0.15) is 0 Å². The normalized spacial score (nSPS) is 10.2. The number of benzene rings is 1. The first kappa shape index (κ1) is 20.4. The number of nitro groups is 1. The van der Waals surface area contributed by atoms with E-state index >= 15 is 0 Å². The molecule has 1 amide bonds. The molecule has 0 bridgehead atoms. The number of carbonyl (C=O) groups excluding carboxylic acids is 2. The van der Waals surface area contributed by atoms with Crippen molar-refractivity contribution in [1.29, 1.82) is 0 Å². The molecule has 0 saturated heterocycles. The summed E-state index contributed by atoms with van der Waals surface area (Å²) in [6, 6.07) is 4.00. The minimum absolute atomic E-state index is 0.0352. The van der Waals surface area contributed by atoms with Crippen LogP contribution in [0, 0.1) is 10.1 Å². The standard InChI is InChI=1S/C16H22N2O7/c1-23-10-4-8-17(9-7-15(19)25-3)16(20)12-5-6-14(24-2)13(11-12)18(21)22/h5-6,11H,4,7-10H2,1-3H3. The Bertz CT molecular complexity index is 619. The van der Waals surface area contributed by atoms with Gasteiger partial charge in [-0.3, -0.25) is 19.7 Å². The Morgan fingerprint density at radius 2 is 1.92 bits per heavy atom. The molecule has 0 aromatic heterocycles. The molecule has 0 radical (unpaired) electrons. The highest BCUT2D eigenvalue weighted by atomic mass is 16.6. The third-order valence-electron chi connectivity index (χ3n) is 3.50. The van der Waals surface area contributed by atoms with Gasteiger partial charge in [0.25, 0.3) is 5.91 Å². The molecule has 0 aliphatic rings. The monoisotopic (exact) mass is 354 g/mol. The largest absolute Gasteiger partial charge is 0.490 e. The summed E-state index contributed by atoms with van der Waals surface area (Å²) in [5.41, 5.74) is -0.145. The number of ether oxygens (including phenoxy) is 3. The van der Waals surface area contributed by atoms with E-state index in [1.165, 1.54) is 37.3 Å². The lowest BCUT2D eigenvalue weighted by molar-refractivity contribution is -0.385. The van der Waals surface area contributed by atoms with Crippen LogP contribution in [0.15, 0.2) is 18.2 Å². The molecular weight excluding hydrogens is 332 g/mol. The van der Waals surface area contributed by atoms with Crippen molar-refractivity contribution in [2.24, 2.45) is 0 Å². The second kappa shape index (κ2) is 10.2. The van der Waals surface area contributed by atoms with Crippen LogP contribution in [0.5, 0.6) is 5.75 Å². The van der Waals surface area contributed by atoms with Gasteiger partial charge in [0.15, 0.2) is 5.75 Å². The molecule has 0 spiro atoms. The van der Waals surface area contributed by atoms with Crippen LogP contribution in [0.25, 0.3) is 0 Å². The molecule has 138 valence electrons. The number of methoxy groups -OCH3 is 3. The van der Waals surface area contributed by atoms with Crippen LogP contribution >= 0.6 is 0 Å². The molecule has 0 aliphatic heterocycles. The third-order valence-corrected chi connectivity index (χ3v) is 3.50. The molecular formula is C16H22N2O7. The smallest absolute Gasteiger partial charge is 0.311 e. The fraction of sp³-hybridized carbons (Fsp3) is 0.500. The number of nitro benzene ring substituents is 1. The van der Waals surface area contributed by atoms with Crippen molar-refractivity contribution >= 4 is 17.6 Å². The minimum atomic E-state index is -0.612. The number of amides is 1. The first-order chi connectivity index (χ1) is 11.9. The zero-order valence-electron chi connectivity index (χ0n) is 14.5. The van der Waals surface area contributed by atoms with E-state index in [0.717, 1.165) is 0 Å². The quantitative estimate of drug-likeness (QED) is 0.272. The van der Waals surface area contributed by atoms with E-state index < -0.39 is 16.8 Å². The molecule has 0 heterocycles. The molecule has 1 aromatic carbocycles.